The molecule has 0 unspecified atom stereocenters. The standard InChI is InChI=1S/C17H12Cl2IN3/c18-14-3-1-2-12(15(14)19)16-13-8-9-21-17(13)23(22-16)11-6-4-10(20)5-7-11/h1-7,21H,8-9H2. The summed E-state index contributed by atoms with van der Waals surface area (Å²) >= 11 is 14.9. The van der Waals surface area contributed by atoms with Gasteiger partial charge in [0.25, 0.3) is 0 Å². The molecule has 0 atom stereocenters. The van der Waals surface area contributed by atoms with Crippen molar-refractivity contribution in [3.63, 3.8) is 0 Å². The van der Waals surface area contributed by atoms with Gasteiger partial charge in [-0.3, -0.25) is 0 Å². The normalized spacial score (nSPS) is 13.0. The fourth-order valence-corrected chi connectivity index (χ4v) is 3.60. The Morgan fingerprint density at radius 1 is 1.09 bits per heavy atom. The van der Waals surface area contributed by atoms with Crippen LogP contribution in [0.15, 0.2) is 42.5 Å². The van der Waals surface area contributed by atoms with Crippen LogP contribution >= 0.6 is 45.8 Å². The second-order valence-corrected chi connectivity index (χ2v) is 7.37. The molecule has 2 aromatic carbocycles. The van der Waals surface area contributed by atoms with Crippen molar-refractivity contribution in [1.82, 2.24) is 9.78 Å². The van der Waals surface area contributed by atoms with E-state index in [2.05, 4.69) is 52.2 Å². The Morgan fingerprint density at radius 3 is 2.65 bits per heavy atom. The molecule has 0 saturated heterocycles. The summed E-state index contributed by atoms with van der Waals surface area (Å²) in [5.74, 6) is 1.04. The number of hydrogen-bond donors (Lipinski definition) is 1. The maximum absolute atomic E-state index is 6.40. The van der Waals surface area contributed by atoms with Crippen molar-refractivity contribution in [2.75, 3.05) is 11.9 Å². The van der Waals surface area contributed by atoms with E-state index in [4.69, 9.17) is 28.3 Å². The molecule has 23 heavy (non-hydrogen) atoms. The lowest BCUT2D eigenvalue weighted by Gasteiger charge is -2.07. The van der Waals surface area contributed by atoms with E-state index in [1.165, 1.54) is 9.13 Å². The predicted molar refractivity (Wildman–Crippen MR) is 104 cm³/mol. The third-order valence-electron chi connectivity index (χ3n) is 3.93. The van der Waals surface area contributed by atoms with Crippen molar-refractivity contribution in [1.29, 1.82) is 0 Å². The van der Waals surface area contributed by atoms with E-state index >= 15 is 0 Å². The predicted octanol–water partition coefficient (Wildman–Crippen LogP) is 5.42. The monoisotopic (exact) mass is 455 g/mol. The van der Waals surface area contributed by atoms with Crippen LogP contribution in [-0.2, 0) is 6.42 Å². The molecule has 0 amide bonds. The molecule has 3 nitrogen and oxygen atoms in total. The van der Waals surface area contributed by atoms with Crippen LogP contribution in [0.3, 0.4) is 0 Å². The van der Waals surface area contributed by atoms with Gasteiger partial charge in [-0.05, 0) is 59.3 Å². The Bertz CT molecular complexity index is 888. The van der Waals surface area contributed by atoms with Gasteiger partial charge >= 0.3 is 0 Å². The average Bonchev–Trinajstić information content (AvgIpc) is 3.14. The molecule has 0 spiro atoms. The first kappa shape index (κ1) is 15.3. The Labute approximate surface area is 157 Å². The number of nitrogens with one attached hydrogen (secondary N) is 1. The molecule has 0 bridgehead atoms. The molecule has 2 heterocycles. The van der Waals surface area contributed by atoms with Crippen molar-refractivity contribution in [2.45, 2.75) is 6.42 Å². The molecule has 1 aliphatic heterocycles. The molecule has 4 rings (SSSR count). The molecule has 0 saturated carbocycles. The number of nitrogens with zero attached hydrogens (tertiary/aromatic N) is 2. The lowest BCUT2D eigenvalue weighted by molar-refractivity contribution is 0.882. The van der Waals surface area contributed by atoms with Crippen LogP contribution < -0.4 is 5.32 Å². The fourth-order valence-electron chi connectivity index (χ4n) is 2.85. The molecule has 1 aliphatic rings. The molecular weight excluding hydrogens is 444 g/mol. The van der Waals surface area contributed by atoms with Gasteiger partial charge in [0, 0.05) is 21.2 Å². The van der Waals surface area contributed by atoms with Crippen LogP contribution in [0, 0.1) is 3.57 Å². The van der Waals surface area contributed by atoms with E-state index in [-0.39, 0.29) is 0 Å². The van der Waals surface area contributed by atoms with Gasteiger partial charge in [-0.25, -0.2) is 4.68 Å². The minimum Gasteiger partial charge on any atom is -0.369 e. The van der Waals surface area contributed by atoms with Crippen LogP contribution in [0.25, 0.3) is 16.9 Å². The maximum Gasteiger partial charge on any atom is 0.133 e. The second-order valence-electron chi connectivity index (χ2n) is 5.34. The molecule has 116 valence electrons. The van der Waals surface area contributed by atoms with Gasteiger partial charge in [-0.1, -0.05) is 35.3 Å². The lowest BCUT2D eigenvalue weighted by atomic mass is 10.1. The summed E-state index contributed by atoms with van der Waals surface area (Å²) in [6.07, 6.45) is 0.928. The molecule has 6 heteroatoms. The molecule has 1 N–H and O–H groups in total. The number of anilines is 1. The highest BCUT2D eigenvalue weighted by Gasteiger charge is 2.25. The van der Waals surface area contributed by atoms with Crippen molar-refractivity contribution in [3.05, 3.63) is 61.6 Å². The number of hydrogen-bond acceptors (Lipinski definition) is 2. The summed E-state index contributed by atoms with van der Waals surface area (Å²) in [5.41, 5.74) is 3.99. The summed E-state index contributed by atoms with van der Waals surface area (Å²) in [7, 11) is 0. The molecule has 0 fully saturated rings. The second kappa shape index (κ2) is 6.00. The first-order chi connectivity index (χ1) is 11.1. The number of benzene rings is 2. The Kier molecular flexibility index (Phi) is 3.99. The molecule has 0 radical (unpaired) electrons. The summed E-state index contributed by atoms with van der Waals surface area (Å²) in [4.78, 5) is 0. The molecule has 1 aromatic heterocycles. The van der Waals surface area contributed by atoms with Crippen LogP contribution in [0.4, 0.5) is 5.82 Å². The topological polar surface area (TPSA) is 29.9 Å². The van der Waals surface area contributed by atoms with Crippen LogP contribution in [0.2, 0.25) is 10.0 Å². The van der Waals surface area contributed by atoms with E-state index in [9.17, 15) is 0 Å². The highest BCUT2D eigenvalue weighted by Crippen LogP contribution is 2.39. The van der Waals surface area contributed by atoms with E-state index in [1.807, 2.05) is 16.8 Å². The quantitative estimate of drug-likeness (QED) is 0.523. The molecule has 0 aliphatic carbocycles. The van der Waals surface area contributed by atoms with E-state index in [0.29, 0.717) is 10.0 Å². The van der Waals surface area contributed by atoms with Gasteiger partial charge in [0.1, 0.15) is 5.82 Å². The Hall–Kier alpha value is -1.24. The number of rotatable bonds is 2. The van der Waals surface area contributed by atoms with Crippen molar-refractivity contribution in [2.24, 2.45) is 0 Å². The summed E-state index contributed by atoms with van der Waals surface area (Å²) < 4.78 is 3.14. The Balaban J connectivity index is 1.91. The van der Waals surface area contributed by atoms with Crippen molar-refractivity contribution >= 4 is 51.6 Å². The van der Waals surface area contributed by atoms with Crippen LogP contribution in [-0.4, -0.2) is 16.3 Å². The van der Waals surface area contributed by atoms with Gasteiger partial charge in [-0.2, -0.15) is 5.10 Å². The van der Waals surface area contributed by atoms with Gasteiger partial charge in [-0.15, -0.1) is 0 Å². The highest BCUT2D eigenvalue weighted by molar-refractivity contribution is 14.1. The highest BCUT2D eigenvalue weighted by atomic mass is 127. The smallest absolute Gasteiger partial charge is 0.133 e. The minimum atomic E-state index is 0.549. The number of halogens is 3. The zero-order valence-corrected chi connectivity index (χ0v) is 15.7. The van der Waals surface area contributed by atoms with Gasteiger partial charge in [0.15, 0.2) is 0 Å². The van der Waals surface area contributed by atoms with Gasteiger partial charge in [0.2, 0.25) is 0 Å². The average molecular weight is 456 g/mol. The van der Waals surface area contributed by atoms with Gasteiger partial charge in [0.05, 0.1) is 21.4 Å². The largest absolute Gasteiger partial charge is 0.369 e. The zero-order chi connectivity index (χ0) is 16.0. The lowest BCUT2D eigenvalue weighted by Crippen LogP contribution is -2.04. The zero-order valence-electron chi connectivity index (χ0n) is 12.0. The van der Waals surface area contributed by atoms with Gasteiger partial charge < -0.3 is 5.32 Å². The maximum atomic E-state index is 6.40. The third kappa shape index (κ3) is 2.62. The third-order valence-corrected chi connectivity index (χ3v) is 5.47. The van der Waals surface area contributed by atoms with Crippen molar-refractivity contribution in [3.8, 4) is 16.9 Å². The minimum absolute atomic E-state index is 0.549. The summed E-state index contributed by atoms with van der Waals surface area (Å²) in [6.45, 7) is 0.905. The summed E-state index contributed by atoms with van der Waals surface area (Å²) in [5, 5.41) is 9.34. The van der Waals surface area contributed by atoms with E-state index in [1.54, 1.807) is 6.07 Å². The summed E-state index contributed by atoms with van der Waals surface area (Å²) in [6, 6.07) is 13.9. The number of aromatic nitrogens is 2. The SMILES string of the molecule is Clc1cccc(-c2nn(-c3ccc(I)cc3)c3c2CCN3)c1Cl. The van der Waals surface area contributed by atoms with E-state index in [0.717, 1.165) is 35.7 Å². The van der Waals surface area contributed by atoms with Crippen LogP contribution in [0.5, 0.6) is 0 Å². The van der Waals surface area contributed by atoms with Crippen LogP contribution in [0.1, 0.15) is 5.56 Å². The Morgan fingerprint density at radius 2 is 1.87 bits per heavy atom. The van der Waals surface area contributed by atoms with E-state index < -0.39 is 0 Å². The molecular formula is C17H12Cl2IN3. The first-order valence-electron chi connectivity index (χ1n) is 7.21. The fraction of sp³-hybridized carbons (Fsp3) is 0.118. The number of fused-ring (bicyclic) bond motifs is 1. The first-order valence-corrected chi connectivity index (χ1v) is 9.04. The van der Waals surface area contributed by atoms with Crippen molar-refractivity contribution < 1.29 is 0 Å². The molecule has 3 aromatic rings.